The zero-order valence-electron chi connectivity index (χ0n) is 16.1. The van der Waals surface area contributed by atoms with Crippen molar-refractivity contribution in [3.8, 4) is 5.75 Å². The van der Waals surface area contributed by atoms with Gasteiger partial charge in [0.2, 0.25) is 15.9 Å². The molecule has 1 aromatic heterocycles. The van der Waals surface area contributed by atoms with Gasteiger partial charge < -0.3 is 10.1 Å². The monoisotopic (exact) mass is 488 g/mol. The summed E-state index contributed by atoms with van der Waals surface area (Å²) in [5.74, 6) is -1.13. The minimum absolute atomic E-state index is 0.00461. The highest BCUT2D eigenvalue weighted by molar-refractivity contribution is 7.89. The summed E-state index contributed by atoms with van der Waals surface area (Å²) in [5.41, 5.74) is 0.495. The van der Waals surface area contributed by atoms with Gasteiger partial charge in [-0.3, -0.25) is 4.79 Å². The van der Waals surface area contributed by atoms with Gasteiger partial charge in [-0.2, -0.15) is 13.9 Å². The average molecular weight is 489 g/mol. The van der Waals surface area contributed by atoms with E-state index in [1.807, 2.05) is 0 Å². The van der Waals surface area contributed by atoms with E-state index in [1.54, 1.807) is 0 Å². The second-order valence-electron chi connectivity index (χ2n) is 6.55. The lowest BCUT2D eigenvalue weighted by molar-refractivity contribution is -0.115. The molecule has 3 rings (SSSR count). The Balaban J connectivity index is 1.75. The molecular weight excluding hydrogens is 473 g/mol. The molecule has 1 amide bonds. The van der Waals surface area contributed by atoms with Crippen molar-refractivity contribution in [3.63, 3.8) is 0 Å². The first-order chi connectivity index (χ1) is 15.0. The zero-order valence-corrected chi connectivity index (χ0v) is 17.7. The molecule has 0 saturated carbocycles. The first-order valence-corrected chi connectivity index (χ1v) is 10.8. The van der Waals surface area contributed by atoms with Gasteiger partial charge in [0.15, 0.2) is 5.75 Å². The topological polar surface area (TPSA) is 116 Å². The van der Waals surface area contributed by atoms with Crippen LogP contribution in [0.5, 0.6) is 5.75 Å². The van der Waals surface area contributed by atoms with Crippen molar-refractivity contribution in [2.24, 2.45) is 5.14 Å². The van der Waals surface area contributed by atoms with Crippen LogP contribution in [-0.4, -0.2) is 24.1 Å². The molecule has 0 saturated heterocycles. The van der Waals surface area contributed by atoms with Crippen molar-refractivity contribution in [1.82, 2.24) is 9.78 Å². The zero-order chi connectivity index (χ0) is 23.5. The quantitative estimate of drug-likeness (QED) is 0.503. The highest BCUT2D eigenvalue weighted by atomic mass is 35.5. The third kappa shape index (κ3) is 5.99. The number of alkyl halides is 2. The molecule has 0 atom stereocenters. The van der Waals surface area contributed by atoms with Gasteiger partial charge >= 0.3 is 6.55 Å². The highest BCUT2D eigenvalue weighted by Gasteiger charge is 2.17. The van der Waals surface area contributed by atoms with Crippen LogP contribution in [0.3, 0.4) is 0 Å². The van der Waals surface area contributed by atoms with Crippen LogP contribution in [0, 0.1) is 5.82 Å². The normalized spacial score (nSPS) is 11.6. The van der Waals surface area contributed by atoms with Gasteiger partial charge in [-0.05, 0) is 35.9 Å². The molecule has 0 bridgehead atoms. The van der Waals surface area contributed by atoms with E-state index in [-0.39, 0.29) is 45.5 Å². The largest absolute Gasteiger partial charge is 0.486 e. The minimum atomic E-state index is -4.22. The maximum absolute atomic E-state index is 13.4. The number of rotatable bonds is 8. The molecule has 3 N–H and O–H groups in total. The maximum Gasteiger partial charge on any atom is 0.333 e. The van der Waals surface area contributed by atoms with E-state index in [4.69, 9.17) is 21.5 Å². The predicted molar refractivity (Wildman–Crippen MR) is 109 cm³/mol. The van der Waals surface area contributed by atoms with Crippen molar-refractivity contribution >= 4 is 33.2 Å². The Morgan fingerprint density at radius 2 is 1.97 bits per heavy atom. The molecule has 170 valence electrons. The molecule has 0 aliphatic carbocycles. The van der Waals surface area contributed by atoms with Crippen LogP contribution in [-0.2, 0) is 27.8 Å². The Labute approximate surface area is 185 Å². The van der Waals surface area contributed by atoms with Crippen LogP contribution in [0.25, 0.3) is 0 Å². The summed E-state index contributed by atoms with van der Waals surface area (Å²) in [6, 6.07) is 7.47. The van der Waals surface area contributed by atoms with Crippen molar-refractivity contribution in [3.05, 3.63) is 70.8 Å². The average Bonchev–Trinajstić information content (AvgIpc) is 3.18. The number of carbonyl (C=O) groups excluding carboxylic acids is 1. The van der Waals surface area contributed by atoms with E-state index in [1.165, 1.54) is 18.2 Å². The van der Waals surface area contributed by atoms with E-state index in [0.717, 1.165) is 30.6 Å². The van der Waals surface area contributed by atoms with Gasteiger partial charge in [0.05, 0.1) is 23.7 Å². The Morgan fingerprint density at radius 1 is 1.22 bits per heavy atom. The summed E-state index contributed by atoms with van der Waals surface area (Å²) in [4.78, 5) is 12.0. The molecule has 0 fully saturated rings. The maximum atomic E-state index is 13.4. The fourth-order valence-corrected chi connectivity index (χ4v) is 3.70. The third-order valence-electron chi connectivity index (χ3n) is 4.19. The molecular formula is C19H16ClF3N4O4S. The molecule has 32 heavy (non-hydrogen) atoms. The Morgan fingerprint density at radius 3 is 2.62 bits per heavy atom. The van der Waals surface area contributed by atoms with E-state index < -0.39 is 28.3 Å². The van der Waals surface area contributed by atoms with E-state index in [2.05, 4.69) is 10.4 Å². The highest BCUT2D eigenvalue weighted by Crippen LogP contribution is 2.23. The number of primary sulfonamides is 1. The summed E-state index contributed by atoms with van der Waals surface area (Å²) < 4.78 is 68.2. The SMILES string of the molecule is NS(=O)(=O)c1cc(NC(=O)Cc2cc(F)ccc2Cl)ccc1COc1cnn(C(F)F)c1. The Hall–Kier alpha value is -3.09. The number of nitrogens with zero attached hydrogens (tertiary/aromatic N) is 2. The molecule has 0 radical (unpaired) electrons. The lowest BCUT2D eigenvalue weighted by Gasteiger charge is -2.12. The fourth-order valence-electron chi connectivity index (χ4n) is 2.74. The molecule has 13 heteroatoms. The van der Waals surface area contributed by atoms with Crippen molar-refractivity contribution in [2.75, 3.05) is 5.32 Å². The lowest BCUT2D eigenvalue weighted by Crippen LogP contribution is -2.18. The minimum Gasteiger partial charge on any atom is -0.486 e. The van der Waals surface area contributed by atoms with Crippen LogP contribution in [0.15, 0.2) is 53.7 Å². The van der Waals surface area contributed by atoms with Gasteiger partial charge in [0.25, 0.3) is 0 Å². The van der Waals surface area contributed by atoms with E-state index >= 15 is 0 Å². The standard InChI is InChI=1S/C19H16ClF3N4O4S/c20-16-4-2-13(21)5-12(16)6-18(28)26-14-3-1-11(17(7-14)32(24,29)30)10-31-15-8-25-27(9-15)19(22)23/h1-5,7-9,19H,6,10H2,(H,26,28)(H2,24,29,30). The number of sulfonamides is 1. The number of anilines is 1. The number of nitrogens with two attached hydrogens (primary N) is 1. The summed E-state index contributed by atoms with van der Waals surface area (Å²) in [6.07, 6.45) is 1.75. The van der Waals surface area contributed by atoms with Crippen molar-refractivity contribution < 1.29 is 31.1 Å². The number of aromatic nitrogens is 2. The Kier molecular flexibility index (Phi) is 7.06. The number of carbonyl (C=O) groups is 1. The fraction of sp³-hybridized carbons (Fsp3) is 0.158. The second-order valence-corrected chi connectivity index (χ2v) is 8.49. The van der Waals surface area contributed by atoms with Gasteiger partial charge in [-0.1, -0.05) is 17.7 Å². The van der Waals surface area contributed by atoms with Crippen LogP contribution in [0.2, 0.25) is 5.02 Å². The predicted octanol–water partition coefficient (Wildman–Crippen LogP) is 3.48. The lowest BCUT2D eigenvalue weighted by atomic mass is 10.1. The van der Waals surface area contributed by atoms with Crippen LogP contribution < -0.4 is 15.2 Å². The number of amides is 1. The second kappa shape index (κ2) is 9.59. The summed E-state index contributed by atoms with van der Waals surface area (Å²) >= 11 is 5.95. The number of benzene rings is 2. The number of nitrogens with one attached hydrogen (secondary N) is 1. The molecule has 8 nitrogen and oxygen atoms in total. The summed E-state index contributed by atoms with van der Waals surface area (Å²) in [7, 11) is -4.22. The number of hydrogen-bond donors (Lipinski definition) is 2. The van der Waals surface area contributed by atoms with Crippen molar-refractivity contribution in [2.45, 2.75) is 24.5 Å². The van der Waals surface area contributed by atoms with E-state index in [9.17, 15) is 26.4 Å². The molecule has 0 aliphatic heterocycles. The third-order valence-corrected chi connectivity index (χ3v) is 5.55. The van der Waals surface area contributed by atoms with Crippen LogP contribution in [0.4, 0.5) is 18.9 Å². The van der Waals surface area contributed by atoms with Crippen LogP contribution in [0.1, 0.15) is 17.7 Å². The van der Waals surface area contributed by atoms with Gasteiger partial charge in [0, 0.05) is 16.3 Å². The number of hydrogen-bond acceptors (Lipinski definition) is 5. The first kappa shape index (κ1) is 23.6. The van der Waals surface area contributed by atoms with Gasteiger partial charge in [0.1, 0.15) is 12.4 Å². The Bertz CT molecular complexity index is 1250. The number of halogens is 4. The molecule has 2 aromatic carbocycles. The summed E-state index contributed by atoms with van der Waals surface area (Å²) in [6.45, 7) is -3.16. The smallest absolute Gasteiger partial charge is 0.333 e. The molecule has 0 aliphatic rings. The van der Waals surface area contributed by atoms with E-state index in [0.29, 0.717) is 4.68 Å². The molecule has 1 heterocycles. The van der Waals surface area contributed by atoms with Gasteiger partial charge in [-0.15, -0.1) is 0 Å². The van der Waals surface area contributed by atoms with Crippen LogP contribution >= 0.6 is 11.6 Å². The van der Waals surface area contributed by atoms with Gasteiger partial charge in [-0.25, -0.2) is 22.6 Å². The summed E-state index contributed by atoms with van der Waals surface area (Å²) in [5, 5.41) is 11.4. The number of ether oxygens (including phenoxy) is 1. The molecule has 0 spiro atoms. The molecule has 3 aromatic rings. The first-order valence-electron chi connectivity index (χ1n) is 8.87. The van der Waals surface area contributed by atoms with Crippen molar-refractivity contribution in [1.29, 1.82) is 0 Å². The molecule has 0 unspecified atom stereocenters.